The molecular weight excluding hydrogens is 240 g/mol. The highest BCUT2D eigenvalue weighted by Crippen LogP contribution is 2.15. The second-order valence-electron chi connectivity index (χ2n) is 4.20. The Balaban J connectivity index is 1.99. The fraction of sp³-hybridized carbons (Fsp3) is 0.133. The van der Waals surface area contributed by atoms with E-state index in [1.165, 1.54) is 0 Å². The summed E-state index contributed by atoms with van der Waals surface area (Å²) in [6.45, 7) is 0.442. The van der Waals surface area contributed by atoms with Crippen LogP contribution in [0.2, 0.25) is 0 Å². The first-order chi connectivity index (χ1) is 9.19. The van der Waals surface area contributed by atoms with Gasteiger partial charge in [-0.1, -0.05) is 36.4 Å². The van der Waals surface area contributed by atoms with Crippen LogP contribution in [0.3, 0.4) is 0 Å². The molecule has 0 aliphatic heterocycles. The van der Waals surface area contributed by atoms with Crippen molar-refractivity contribution in [3.8, 4) is 5.75 Å². The maximum atomic E-state index is 9.04. The lowest BCUT2D eigenvalue weighted by Gasteiger charge is -2.08. The molecule has 0 unspecified atom stereocenters. The Morgan fingerprint density at radius 2 is 1.84 bits per heavy atom. The number of benzene rings is 2. The molecule has 2 aromatic carbocycles. The molecule has 0 bridgehead atoms. The van der Waals surface area contributed by atoms with E-state index in [9.17, 15) is 0 Å². The Morgan fingerprint density at radius 3 is 2.47 bits per heavy atom. The minimum atomic E-state index is 0.00447. The van der Waals surface area contributed by atoms with Crippen molar-refractivity contribution < 1.29 is 9.84 Å². The lowest BCUT2D eigenvalue weighted by molar-refractivity contribution is 0.278. The molecule has 0 saturated carbocycles. The summed E-state index contributed by atoms with van der Waals surface area (Å²) in [6, 6.07) is 14.7. The predicted octanol–water partition coefficient (Wildman–Crippen LogP) is 2.04. The zero-order chi connectivity index (χ0) is 13.7. The molecule has 0 heterocycles. The first kappa shape index (κ1) is 13.1. The van der Waals surface area contributed by atoms with Crippen molar-refractivity contribution in [3.05, 3.63) is 65.2 Å². The average molecular weight is 256 g/mol. The highest BCUT2D eigenvalue weighted by molar-refractivity contribution is 5.94. The topological polar surface area (TPSA) is 79.3 Å². The summed E-state index contributed by atoms with van der Waals surface area (Å²) in [5.74, 6) is 0.783. The third-order valence-electron chi connectivity index (χ3n) is 2.75. The fourth-order valence-corrected chi connectivity index (χ4v) is 1.68. The van der Waals surface area contributed by atoms with Crippen LogP contribution in [0.1, 0.15) is 16.7 Å². The molecule has 0 amide bonds. The van der Waals surface area contributed by atoms with Gasteiger partial charge in [0.2, 0.25) is 0 Å². The summed E-state index contributed by atoms with van der Waals surface area (Å²) >= 11 is 0. The van der Waals surface area contributed by atoms with E-state index < -0.39 is 0 Å². The summed E-state index contributed by atoms with van der Waals surface area (Å²) < 4.78 is 5.64. The quantitative estimate of drug-likeness (QED) is 0.565. The van der Waals surface area contributed by atoms with Gasteiger partial charge in [-0.25, -0.2) is 0 Å². The van der Waals surface area contributed by atoms with Crippen LogP contribution < -0.4 is 10.5 Å². The third kappa shape index (κ3) is 3.56. The number of hydrogen-bond donors (Lipinski definition) is 3. The van der Waals surface area contributed by atoms with Crippen LogP contribution in [0.5, 0.6) is 5.75 Å². The van der Waals surface area contributed by atoms with Crippen molar-refractivity contribution in [2.45, 2.75) is 13.2 Å². The first-order valence-electron chi connectivity index (χ1n) is 5.95. The molecule has 0 fully saturated rings. The van der Waals surface area contributed by atoms with Gasteiger partial charge in [0.25, 0.3) is 0 Å². The van der Waals surface area contributed by atoms with Gasteiger partial charge in [-0.05, 0) is 23.3 Å². The van der Waals surface area contributed by atoms with E-state index in [4.69, 9.17) is 21.0 Å². The zero-order valence-corrected chi connectivity index (χ0v) is 10.5. The van der Waals surface area contributed by atoms with E-state index in [0.717, 1.165) is 16.9 Å². The highest BCUT2D eigenvalue weighted by Gasteiger charge is 1.99. The number of nitrogens with two attached hydrogens (primary N) is 1. The minimum absolute atomic E-state index is 0.00447. The number of nitrogen functional groups attached to an aromatic ring is 1. The SMILES string of the molecule is N=C(N)c1ccc(COc2cccc(CO)c2)cc1. The number of hydrogen-bond acceptors (Lipinski definition) is 3. The lowest BCUT2D eigenvalue weighted by atomic mass is 10.1. The maximum absolute atomic E-state index is 9.04. The van der Waals surface area contributed by atoms with Gasteiger partial charge in [-0.3, -0.25) is 5.41 Å². The number of rotatable bonds is 5. The summed E-state index contributed by atoms with van der Waals surface area (Å²) in [5.41, 5.74) is 7.91. The van der Waals surface area contributed by atoms with Crippen molar-refractivity contribution in [1.82, 2.24) is 0 Å². The van der Waals surface area contributed by atoms with Gasteiger partial charge in [-0.15, -0.1) is 0 Å². The Hall–Kier alpha value is -2.33. The van der Waals surface area contributed by atoms with Crippen molar-refractivity contribution in [2.75, 3.05) is 0 Å². The van der Waals surface area contributed by atoms with E-state index in [0.29, 0.717) is 12.2 Å². The van der Waals surface area contributed by atoms with Gasteiger partial charge < -0.3 is 15.6 Å². The second-order valence-corrected chi connectivity index (χ2v) is 4.20. The molecule has 98 valence electrons. The molecular formula is C15H16N2O2. The number of ether oxygens (including phenoxy) is 1. The van der Waals surface area contributed by atoms with Crippen LogP contribution in [-0.2, 0) is 13.2 Å². The molecule has 4 N–H and O–H groups in total. The highest BCUT2D eigenvalue weighted by atomic mass is 16.5. The monoisotopic (exact) mass is 256 g/mol. The standard InChI is InChI=1S/C15H16N2O2/c16-15(17)13-6-4-11(5-7-13)10-19-14-3-1-2-12(8-14)9-18/h1-8,18H,9-10H2,(H3,16,17). The Labute approximate surface area is 112 Å². The van der Waals surface area contributed by atoms with Crippen molar-refractivity contribution in [2.24, 2.45) is 5.73 Å². The number of aliphatic hydroxyl groups is 1. The summed E-state index contributed by atoms with van der Waals surface area (Å²) in [5, 5.41) is 16.4. The fourth-order valence-electron chi connectivity index (χ4n) is 1.68. The van der Waals surface area contributed by atoms with Crippen LogP contribution >= 0.6 is 0 Å². The first-order valence-corrected chi connectivity index (χ1v) is 5.95. The Morgan fingerprint density at radius 1 is 1.11 bits per heavy atom. The number of amidine groups is 1. The van der Waals surface area contributed by atoms with Crippen LogP contribution in [0, 0.1) is 5.41 Å². The lowest BCUT2D eigenvalue weighted by Crippen LogP contribution is -2.10. The largest absolute Gasteiger partial charge is 0.489 e. The van der Waals surface area contributed by atoms with Gasteiger partial charge in [0.15, 0.2) is 0 Å². The van der Waals surface area contributed by atoms with E-state index in [2.05, 4.69) is 0 Å². The third-order valence-corrected chi connectivity index (χ3v) is 2.75. The minimum Gasteiger partial charge on any atom is -0.489 e. The second kappa shape index (κ2) is 6.02. The van der Waals surface area contributed by atoms with Gasteiger partial charge in [0, 0.05) is 5.56 Å². The van der Waals surface area contributed by atoms with E-state index in [1.54, 1.807) is 12.1 Å². The molecule has 0 aliphatic carbocycles. The summed E-state index contributed by atoms with van der Waals surface area (Å²) in [4.78, 5) is 0. The van der Waals surface area contributed by atoms with Gasteiger partial charge in [0.05, 0.1) is 6.61 Å². The molecule has 0 saturated heterocycles. The summed E-state index contributed by atoms with van der Waals surface area (Å²) in [7, 11) is 0. The molecule has 2 rings (SSSR count). The average Bonchev–Trinajstić information content (AvgIpc) is 2.46. The van der Waals surface area contributed by atoms with Crippen LogP contribution in [0.4, 0.5) is 0 Å². The number of nitrogens with one attached hydrogen (secondary N) is 1. The van der Waals surface area contributed by atoms with Crippen molar-refractivity contribution >= 4 is 5.84 Å². The molecule has 0 aliphatic rings. The Kier molecular flexibility index (Phi) is 4.15. The predicted molar refractivity (Wildman–Crippen MR) is 74.2 cm³/mol. The van der Waals surface area contributed by atoms with E-state index in [1.807, 2.05) is 36.4 Å². The molecule has 2 aromatic rings. The van der Waals surface area contributed by atoms with Gasteiger partial charge in [0.1, 0.15) is 18.2 Å². The molecule has 0 aromatic heterocycles. The van der Waals surface area contributed by atoms with Crippen LogP contribution in [0.25, 0.3) is 0 Å². The van der Waals surface area contributed by atoms with Gasteiger partial charge in [-0.2, -0.15) is 0 Å². The van der Waals surface area contributed by atoms with E-state index in [-0.39, 0.29) is 12.4 Å². The zero-order valence-electron chi connectivity index (χ0n) is 10.5. The molecule has 19 heavy (non-hydrogen) atoms. The molecule has 4 nitrogen and oxygen atoms in total. The molecule has 4 heteroatoms. The van der Waals surface area contributed by atoms with Crippen LogP contribution in [0.15, 0.2) is 48.5 Å². The van der Waals surface area contributed by atoms with Crippen molar-refractivity contribution in [3.63, 3.8) is 0 Å². The molecule has 0 spiro atoms. The van der Waals surface area contributed by atoms with Crippen LogP contribution in [-0.4, -0.2) is 10.9 Å². The normalized spacial score (nSPS) is 10.2. The summed E-state index contributed by atoms with van der Waals surface area (Å²) in [6.07, 6.45) is 0. The number of aliphatic hydroxyl groups excluding tert-OH is 1. The van der Waals surface area contributed by atoms with Gasteiger partial charge >= 0.3 is 0 Å². The molecule has 0 atom stereocenters. The van der Waals surface area contributed by atoms with Crippen molar-refractivity contribution in [1.29, 1.82) is 5.41 Å². The van der Waals surface area contributed by atoms with E-state index >= 15 is 0 Å². The Bertz CT molecular complexity index is 565. The molecule has 0 radical (unpaired) electrons. The smallest absolute Gasteiger partial charge is 0.122 e. The maximum Gasteiger partial charge on any atom is 0.122 e.